The van der Waals surface area contributed by atoms with Crippen molar-refractivity contribution < 1.29 is 14.3 Å². The van der Waals surface area contributed by atoms with Gasteiger partial charge in [0.2, 0.25) is 0 Å². The van der Waals surface area contributed by atoms with E-state index in [0.29, 0.717) is 36.1 Å². The van der Waals surface area contributed by atoms with Gasteiger partial charge in [0, 0.05) is 31.0 Å². The van der Waals surface area contributed by atoms with Crippen LogP contribution in [0, 0.1) is 0 Å². The molecule has 1 saturated heterocycles. The van der Waals surface area contributed by atoms with Gasteiger partial charge in [0.05, 0.1) is 18.9 Å². The Labute approximate surface area is 154 Å². The number of carbonyl (C=O) groups excluding carboxylic acids is 1. The first-order valence-electron chi connectivity index (χ1n) is 9.13. The van der Waals surface area contributed by atoms with Crippen LogP contribution in [0.4, 0.5) is 11.4 Å². The molecule has 1 N–H and O–H groups in total. The molecule has 6 nitrogen and oxygen atoms in total. The van der Waals surface area contributed by atoms with Crippen LogP contribution in [0.25, 0.3) is 0 Å². The zero-order chi connectivity index (χ0) is 18.4. The molecule has 0 saturated carbocycles. The molecule has 26 heavy (non-hydrogen) atoms. The molecule has 0 bridgehead atoms. The summed E-state index contributed by atoms with van der Waals surface area (Å²) in [5.74, 6) is 1.03. The van der Waals surface area contributed by atoms with E-state index in [9.17, 15) is 4.79 Å². The van der Waals surface area contributed by atoms with Crippen molar-refractivity contribution in [1.29, 1.82) is 0 Å². The van der Waals surface area contributed by atoms with Gasteiger partial charge in [-0.2, -0.15) is 0 Å². The SMILES string of the molecule is CCOc1ccc(OCC)c(NC(=O)c2cc(N3CCCC3)ccn2)c1. The Morgan fingerprint density at radius 2 is 1.88 bits per heavy atom. The van der Waals surface area contributed by atoms with Gasteiger partial charge in [-0.3, -0.25) is 9.78 Å². The van der Waals surface area contributed by atoms with E-state index in [2.05, 4.69) is 15.2 Å². The first-order valence-corrected chi connectivity index (χ1v) is 9.13. The number of benzene rings is 1. The van der Waals surface area contributed by atoms with Crippen LogP contribution < -0.4 is 19.7 Å². The van der Waals surface area contributed by atoms with E-state index in [0.717, 1.165) is 18.8 Å². The summed E-state index contributed by atoms with van der Waals surface area (Å²) in [6.07, 6.45) is 4.06. The highest BCUT2D eigenvalue weighted by Gasteiger charge is 2.16. The van der Waals surface area contributed by atoms with Crippen molar-refractivity contribution in [3.8, 4) is 11.5 Å². The summed E-state index contributed by atoms with van der Waals surface area (Å²) in [4.78, 5) is 19.2. The van der Waals surface area contributed by atoms with Crippen molar-refractivity contribution in [2.45, 2.75) is 26.7 Å². The minimum atomic E-state index is -0.263. The van der Waals surface area contributed by atoms with Gasteiger partial charge in [0.15, 0.2) is 0 Å². The van der Waals surface area contributed by atoms with Crippen molar-refractivity contribution in [3.63, 3.8) is 0 Å². The molecule has 3 rings (SSSR count). The number of nitrogens with one attached hydrogen (secondary N) is 1. The normalized spacial score (nSPS) is 13.5. The molecule has 1 aromatic carbocycles. The minimum Gasteiger partial charge on any atom is -0.494 e. The van der Waals surface area contributed by atoms with Gasteiger partial charge in [-0.15, -0.1) is 0 Å². The van der Waals surface area contributed by atoms with Crippen LogP contribution >= 0.6 is 0 Å². The van der Waals surface area contributed by atoms with Gasteiger partial charge in [0.25, 0.3) is 5.91 Å². The molecular weight excluding hydrogens is 330 g/mol. The van der Waals surface area contributed by atoms with Crippen LogP contribution in [0.2, 0.25) is 0 Å². The minimum absolute atomic E-state index is 0.263. The van der Waals surface area contributed by atoms with E-state index in [4.69, 9.17) is 9.47 Å². The molecule has 1 aromatic heterocycles. The number of pyridine rings is 1. The molecular formula is C20H25N3O3. The summed E-state index contributed by atoms with van der Waals surface area (Å²) in [6.45, 7) is 6.94. The highest BCUT2D eigenvalue weighted by molar-refractivity contribution is 6.04. The number of aromatic nitrogens is 1. The largest absolute Gasteiger partial charge is 0.494 e. The number of ether oxygens (including phenoxy) is 2. The third-order valence-corrected chi connectivity index (χ3v) is 4.26. The topological polar surface area (TPSA) is 63.7 Å². The lowest BCUT2D eigenvalue weighted by Crippen LogP contribution is -2.20. The molecule has 2 aromatic rings. The Balaban J connectivity index is 1.80. The third-order valence-electron chi connectivity index (χ3n) is 4.26. The fraction of sp³-hybridized carbons (Fsp3) is 0.400. The number of hydrogen-bond donors (Lipinski definition) is 1. The first kappa shape index (κ1) is 18.0. The number of nitrogens with zero attached hydrogens (tertiary/aromatic N) is 2. The second-order valence-electron chi connectivity index (χ2n) is 6.07. The molecule has 0 aliphatic carbocycles. The van der Waals surface area contributed by atoms with Crippen molar-refractivity contribution in [2.24, 2.45) is 0 Å². The van der Waals surface area contributed by atoms with Gasteiger partial charge >= 0.3 is 0 Å². The maximum absolute atomic E-state index is 12.7. The zero-order valence-electron chi connectivity index (χ0n) is 15.3. The number of amides is 1. The molecule has 1 aliphatic heterocycles. The molecule has 1 fully saturated rings. The average Bonchev–Trinajstić information content (AvgIpc) is 3.19. The smallest absolute Gasteiger partial charge is 0.274 e. The molecule has 2 heterocycles. The maximum Gasteiger partial charge on any atom is 0.274 e. The lowest BCUT2D eigenvalue weighted by Gasteiger charge is -2.18. The number of anilines is 2. The molecule has 0 unspecified atom stereocenters. The van der Waals surface area contributed by atoms with E-state index in [-0.39, 0.29) is 5.91 Å². The Morgan fingerprint density at radius 1 is 1.12 bits per heavy atom. The quantitative estimate of drug-likeness (QED) is 0.820. The zero-order valence-corrected chi connectivity index (χ0v) is 15.3. The molecule has 0 radical (unpaired) electrons. The van der Waals surface area contributed by atoms with Crippen molar-refractivity contribution in [2.75, 3.05) is 36.5 Å². The van der Waals surface area contributed by atoms with Crippen molar-refractivity contribution in [1.82, 2.24) is 4.98 Å². The predicted molar refractivity (Wildman–Crippen MR) is 102 cm³/mol. The second-order valence-corrected chi connectivity index (χ2v) is 6.07. The van der Waals surface area contributed by atoms with E-state index in [1.807, 2.05) is 32.0 Å². The Bertz CT molecular complexity index is 758. The van der Waals surface area contributed by atoms with E-state index in [1.165, 1.54) is 12.8 Å². The first-order chi connectivity index (χ1) is 12.7. The molecule has 1 amide bonds. The highest BCUT2D eigenvalue weighted by Crippen LogP contribution is 2.30. The fourth-order valence-electron chi connectivity index (χ4n) is 3.05. The molecule has 0 atom stereocenters. The fourth-order valence-corrected chi connectivity index (χ4v) is 3.05. The Hall–Kier alpha value is -2.76. The van der Waals surface area contributed by atoms with Gasteiger partial charge in [0.1, 0.15) is 17.2 Å². The van der Waals surface area contributed by atoms with E-state index in [1.54, 1.807) is 18.3 Å². The monoisotopic (exact) mass is 355 g/mol. The number of rotatable bonds is 7. The lowest BCUT2D eigenvalue weighted by molar-refractivity contribution is 0.102. The summed E-state index contributed by atoms with van der Waals surface area (Å²) in [5.41, 5.74) is 2.01. The van der Waals surface area contributed by atoms with Crippen molar-refractivity contribution >= 4 is 17.3 Å². The Kier molecular flexibility index (Phi) is 5.94. The summed E-state index contributed by atoms with van der Waals surface area (Å²) >= 11 is 0. The summed E-state index contributed by atoms with van der Waals surface area (Å²) in [7, 11) is 0. The van der Waals surface area contributed by atoms with Crippen LogP contribution in [0.15, 0.2) is 36.5 Å². The molecule has 0 spiro atoms. The van der Waals surface area contributed by atoms with Gasteiger partial charge in [-0.25, -0.2) is 0 Å². The van der Waals surface area contributed by atoms with Crippen LogP contribution in [-0.2, 0) is 0 Å². The van der Waals surface area contributed by atoms with Gasteiger partial charge in [-0.05, 0) is 51.0 Å². The summed E-state index contributed by atoms with van der Waals surface area (Å²) < 4.78 is 11.1. The molecule has 6 heteroatoms. The van der Waals surface area contributed by atoms with Crippen LogP contribution in [0.3, 0.4) is 0 Å². The van der Waals surface area contributed by atoms with E-state index < -0.39 is 0 Å². The van der Waals surface area contributed by atoms with E-state index >= 15 is 0 Å². The van der Waals surface area contributed by atoms with Crippen LogP contribution in [0.5, 0.6) is 11.5 Å². The van der Waals surface area contributed by atoms with Gasteiger partial charge in [-0.1, -0.05) is 0 Å². The Morgan fingerprint density at radius 3 is 2.62 bits per heavy atom. The standard InChI is InChI=1S/C20H25N3O3/c1-3-25-16-7-8-19(26-4-2)17(14-16)22-20(24)18-13-15(9-10-21-18)23-11-5-6-12-23/h7-10,13-14H,3-6,11-12H2,1-2H3,(H,22,24). The predicted octanol–water partition coefficient (Wildman–Crippen LogP) is 3.73. The maximum atomic E-state index is 12.7. The molecule has 1 aliphatic rings. The molecule has 138 valence electrons. The average molecular weight is 355 g/mol. The highest BCUT2D eigenvalue weighted by atomic mass is 16.5. The summed E-state index contributed by atoms with van der Waals surface area (Å²) in [5, 5.41) is 2.90. The lowest BCUT2D eigenvalue weighted by atomic mass is 10.2. The van der Waals surface area contributed by atoms with Crippen LogP contribution in [0.1, 0.15) is 37.2 Å². The second kappa shape index (κ2) is 8.56. The van der Waals surface area contributed by atoms with Gasteiger partial charge < -0.3 is 19.7 Å². The number of hydrogen-bond acceptors (Lipinski definition) is 5. The third kappa shape index (κ3) is 4.25. The van der Waals surface area contributed by atoms with Crippen molar-refractivity contribution in [3.05, 3.63) is 42.2 Å². The number of carbonyl (C=O) groups is 1. The van der Waals surface area contributed by atoms with Crippen LogP contribution in [-0.4, -0.2) is 37.2 Å². The summed E-state index contributed by atoms with van der Waals surface area (Å²) in [6, 6.07) is 9.20.